The lowest BCUT2D eigenvalue weighted by molar-refractivity contribution is -0.150. The van der Waals surface area contributed by atoms with Crippen LogP contribution in [0.1, 0.15) is 34.6 Å². The van der Waals surface area contributed by atoms with Crippen LogP contribution in [0, 0.1) is 5.92 Å². The van der Waals surface area contributed by atoms with Crippen LogP contribution < -0.4 is 0 Å². The number of hydrogen-bond donors (Lipinski definition) is 0. The summed E-state index contributed by atoms with van der Waals surface area (Å²) in [5.41, 5.74) is -0.516. The maximum absolute atomic E-state index is 12.3. The van der Waals surface area contributed by atoms with Crippen molar-refractivity contribution in [1.29, 1.82) is 0 Å². The van der Waals surface area contributed by atoms with Crippen LogP contribution in [0.15, 0.2) is 0 Å². The van der Waals surface area contributed by atoms with E-state index in [9.17, 15) is 9.59 Å². The number of methoxy groups -OCH3 is 1. The van der Waals surface area contributed by atoms with Gasteiger partial charge in [-0.05, 0) is 39.8 Å². The second kappa shape index (κ2) is 6.93. The van der Waals surface area contributed by atoms with Crippen molar-refractivity contribution in [3.63, 3.8) is 0 Å². The van der Waals surface area contributed by atoms with Crippen molar-refractivity contribution in [3.05, 3.63) is 0 Å². The van der Waals surface area contributed by atoms with Crippen LogP contribution in [-0.2, 0) is 14.0 Å². The summed E-state index contributed by atoms with van der Waals surface area (Å²) in [7, 11) is 0.161. The molecule has 0 aliphatic heterocycles. The van der Waals surface area contributed by atoms with Crippen LogP contribution >= 0.6 is 0 Å². The third kappa shape index (κ3) is 5.22. The Kier molecular flexibility index (Phi) is 6.55. The van der Waals surface area contributed by atoms with Crippen molar-refractivity contribution in [2.75, 3.05) is 7.11 Å². The fourth-order valence-electron chi connectivity index (χ4n) is 1.82. The molecule has 0 bridgehead atoms. The molecule has 0 aliphatic carbocycles. The van der Waals surface area contributed by atoms with Gasteiger partial charge < -0.3 is 9.16 Å². The monoisotopic (exact) mass is 288 g/mol. The van der Waals surface area contributed by atoms with Crippen molar-refractivity contribution >= 4 is 21.1 Å². The molecule has 0 N–H and O–H groups in total. The molecule has 1 radical (unpaired) electrons. The first-order valence-corrected chi connectivity index (χ1v) is 8.82. The van der Waals surface area contributed by atoms with Gasteiger partial charge in [0.05, 0.1) is 7.11 Å². The van der Waals surface area contributed by atoms with Crippen LogP contribution in [0.2, 0.25) is 13.1 Å². The minimum absolute atomic E-state index is 0.0522. The Morgan fingerprint density at radius 3 is 1.89 bits per heavy atom. The van der Waals surface area contributed by atoms with E-state index in [0.29, 0.717) is 0 Å². The molecule has 0 aromatic carbocycles. The number of carbonyl (C=O) groups excluding carboxylic acids is 2. The summed E-state index contributed by atoms with van der Waals surface area (Å²) in [5.74, 6) is -0.466. The zero-order valence-electron chi connectivity index (χ0n) is 13.2. The largest absolute Gasteiger partial charge is 0.502 e. The van der Waals surface area contributed by atoms with Gasteiger partial charge in [-0.3, -0.25) is 4.90 Å². The van der Waals surface area contributed by atoms with Gasteiger partial charge in [0.15, 0.2) is 0 Å². The van der Waals surface area contributed by atoms with Gasteiger partial charge in [-0.1, -0.05) is 13.8 Å². The van der Waals surface area contributed by atoms with E-state index in [0.717, 1.165) is 0 Å². The summed E-state index contributed by atoms with van der Waals surface area (Å²) < 4.78 is 10.2. The highest BCUT2D eigenvalue weighted by atomic mass is 28.3. The zero-order valence-corrected chi connectivity index (χ0v) is 14.2. The minimum atomic E-state index is -1.17. The first-order valence-electron chi connectivity index (χ1n) is 6.41. The van der Waals surface area contributed by atoms with E-state index in [1.807, 2.05) is 47.7 Å². The second-order valence-electron chi connectivity index (χ2n) is 6.03. The maximum atomic E-state index is 12.3. The summed E-state index contributed by atoms with van der Waals surface area (Å²) in [6.07, 6.45) is -0.449. The molecular weight excluding hydrogens is 262 g/mol. The summed E-state index contributed by atoms with van der Waals surface area (Å²) in [6, 6.07) is -0.640. The number of hydrogen-bond acceptors (Lipinski definition) is 4. The second-order valence-corrected chi connectivity index (χ2v) is 8.05. The lowest BCUT2D eigenvalue weighted by Crippen LogP contribution is -2.57. The number of rotatable bonds is 4. The molecule has 0 aromatic heterocycles. The van der Waals surface area contributed by atoms with Gasteiger partial charge in [-0.25, -0.2) is 9.59 Å². The molecule has 5 nitrogen and oxygen atoms in total. The van der Waals surface area contributed by atoms with Gasteiger partial charge in [-0.2, -0.15) is 0 Å². The third-order valence-electron chi connectivity index (χ3n) is 2.56. The van der Waals surface area contributed by atoms with Gasteiger partial charge in [0.25, 0.3) is 9.04 Å². The molecule has 0 saturated carbocycles. The van der Waals surface area contributed by atoms with E-state index < -0.39 is 32.7 Å². The fraction of sp³-hybridized carbons (Fsp3) is 0.846. The van der Waals surface area contributed by atoms with E-state index in [-0.39, 0.29) is 5.92 Å². The van der Waals surface area contributed by atoms with Gasteiger partial charge in [-0.15, -0.1) is 0 Å². The Morgan fingerprint density at radius 2 is 1.63 bits per heavy atom. The minimum Gasteiger partial charge on any atom is -0.502 e. The van der Waals surface area contributed by atoms with Crippen LogP contribution in [0.3, 0.4) is 0 Å². The van der Waals surface area contributed by atoms with Crippen LogP contribution in [0.25, 0.3) is 0 Å². The lowest BCUT2D eigenvalue weighted by Gasteiger charge is -2.41. The van der Waals surface area contributed by atoms with E-state index in [1.165, 1.54) is 12.0 Å². The topological polar surface area (TPSA) is 55.8 Å². The molecule has 0 heterocycles. The highest BCUT2D eigenvalue weighted by molar-refractivity contribution is 6.50. The highest BCUT2D eigenvalue weighted by Crippen LogP contribution is 2.24. The van der Waals surface area contributed by atoms with E-state index in [4.69, 9.17) is 9.16 Å². The Labute approximate surface area is 118 Å². The van der Waals surface area contributed by atoms with Gasteiger partial charge in [0.1, 0.15) is 6.04 Å². The molecule has 1 atom stereocenters. The van der Waals surface area contributed by atoms with Crippen molar-refractivity contribution in [2.24, 2.45) is 5.92 Å². The smallest absolute Gasteiger partial charge is 0.397 e. The SMILES string of the molecule is COC(=O)[C@H](C(C)C)N(C(=O)O[Si](C)C)C(C)(C)C. The molecule has 0 aliphatic rings. The van der Waals surface area contributed by atoms with Crippen LogP contribution in [-0.4, -0.2) is 44.7 Å². The molecule has 19 heavy (non-hydrogen) atoms. The summed E-state index contributed by atoms with van der Waals surface area (Å²) >= 11 is 0. The average molecular weight is 288 g/mol. The quantitative estimate of drug-likeness (QED) is 0.589. The summed E-state index contributed by atoms with van der Waals surface area (Å²) in [5, 5.41) is 0. The Balaban J connectivity index is 5.44. The van der Waals surface area contributed by atoms with Gasteiger partial charge >= 0.3 is 12.1 Å². The Morgan fingerprint density at radius 1 is 1.16 bits per heavy atom. The molecular formula is C13H26NO4Si. The van der Waals surface area contributed by atoms with E-state index in [2.05, 4.69) is 0 Å². The van der Waals surface area contributed by atoms with Crippen LogP contribution in [0.5, 0.6) is 0 Å². The molecule has 0 spiro atoms. The number of carbonyl (C=O) groups is 2. The average Bonchev–Trinajstić information content (AvgIpc) is 2.20. The van der Waals surface area contributed by atoms with Crippen molar-refractivity contribution in [2.45, 2.75) is 59.3 Å². The molecule has 1 amide bonds. The summed E-state index contributed by atoms with van der Waals surface area (Å²) in [6.45, 7) is 13.2. The Bertz CT molecular complexity index is 323. The van der Waals surface area contributed by atoms with Gasteiger partial charge in [0.2, 0.25) is 0 Å². The first-order chi connectivity index (χ1) is 8.52. The molecule has 6 heteroatoms. The zero-order chi connectivity index (χ0) is 15.4. The number of ether oxygens (including phenoxy) is 1. The fourth-order valence-corrected chi connectivity index (χ4v) is 2.27. The van der Waals surface area contributed by atoms with Crippen molar-refractivity contribution in [3.8, 4) is 0 Å². The standard InChI is InChI=1S/C13H26NO4Si/c1-9(2)10(11(15)17-6)14(13(3,4)5)12(16)18-19(7)8/h9-10H,1-8H3/t10-/m0/s1. The molecule has 0 aromatic rings. The predicted molar refractivity (Wildman–Crippen MR) is 76.2 cm³/mol. The van der Waals surface area contributed by atoms with E-state index in [1.54, 1.807) is 0 Å². The number of nitrogens with zero attached hydrogens (tertiary/aromatic N) is 1. The van der Waals surface area contributed by atoms with Crippen LogP contribution in [0.4, 0.5) is 4.79 Å². The molecule has 0 rings (SSSR count). The highest BCUT2D eigenvalue weighted by Gasteiger charge is 2.41. The Hall–Kier alpha value is -1.04. The normalized spacial score (nSPS) is 13.4. The molecule has 0 unspecified atom stereocenters. The van der Waals surface area contributed by atoms with Crippen molar-refractivity contribution < 1.29 is 18.8 Å². The molecule has 111 valence electrons. The third-order valence-corrected chi connectivity index (χ3v) is 3.15. The number of amides is 1. The molecule has 0 fully saturated rings. The molecule has 0 saturated heterocycles. The maximum Gasteiger partial charge on any atom is 0.397 e. The van der Waals surface area contributed by atoms with Gasteiger partial charge in [0, 0.05) is 5.54 Å². The number of esters is 1. The summed E-state index contributed by atoms with van der Waals surface area (Å²) in [4.78, 5) is 25.7. The lowest BCUT2D eigenvalue weighted by atomic mass is 9.96. The van der Waals surface area contributed by atoms with E-state index >= 15 is 0 Å². The predicted octanol–water partition coefficient (Wildman–Crippen LogP) is 2.67. The first kappa shape index (κ1) is 18.0. The van der Waals surface area contributed by atoms with Crippen molar-refractivity contribution in [1.82, 2.24) is 4.90 Å².